The second-order valence-corrected chi connectivity index (χ2v) is 4.89. The molecule has 8 heteroatoms. The molecule has 21 heavy (non-hydrogen) atoms. The first-order chi connectivity index (χ1) is 9.88. The van der Waals surface area contributed by atoms with Gasteiger partial charge in [0.05, 0.1) is 10.6 Å². The van der Waals surface area contributed by atoms with Crippen LogP contribution >= 0.6 is 15.9 Å². The average molecular weight is 355 g/mol. The number of anilines is 1. The molecule has 2 aromatic rings. The van der Waals surface area contributed by atoms with E-state index in [1.165, 1.54) is 18.2 Å². The van der Waals surface area contributed by atoms with Crippen molar-refractivity contribution < 1.29 is 19.2 Å². The Morgan fingerprint density at radius 3 is 2.62 bits per heavy atom. The second kappa shape index (κ2) is 5.88. The molecule has 0 aromatic heterocycles. The quantitative estimate of drug-likeness (QED) is 0.652. The number of halogens is 2. The van der Waals surface area contributed by atoms with Gasteiger partial charge < -0.3 is 10.4 Å². The fourth-order valence-electron chi connectivity index (χ4n) is 1.61. The van der Waals surface area contributed by atoms with Crippen molar-refractivity contribution in [3.05, 3.63) is 62.4 Å². The Morgan fingerprint density at radius 1 is 1.29 bits per heavy atom. The predicted molar refractivity (Wildman–Crippen MR) is 76.8 cm³/mol. The summed E-state index contributed by atoms with van der Waals surface area (Å²) in [5.41, 5.74) is -0.286. The van der Waals surface area contributed by atoms with Crippen LogP contribution in [0.1, 0.15) is 10.4 Å². The topological polar surface area (TPSA) is 92.5 Å². The molecule has 108 valence electrons. The number of hydrogen-bond donors (Lipinski definition) is 2. The highest BCUT2D eigenvalue weighted by Crippen LogP contribution is 2.28. The van der Waals surface area contributed by atoms with E-state index in [1.54, 1.807) is 0 Å². The first-order valence-corrected chi connectivity index (χ1v) is 6.41. The molecule has 0 fully saturated rings. The summed E-state index contributed by atoms with van der Waals surface area (Å²) in [5, 5.41) is 22.5. The van der Waals surface area contributed by atoms with E-state index in [1.807, 2.05) is 0 Å². The van der Waals surface area contributed by atoms with Crippen molar-refractivity contribution >= 4 is 33.2 Å². The zero-order valence-corrected chi connectivity index (χ0v) is 11.9. The Labute approximate surface area is 126 Å². The van der Waals surface area contributed by atoms with Crippen molar-refractivity contribution in [1.82, 2.24) is 0 Å². The molecule has 2 N–H and O–H groups in total. The third-order valence-corrected chi connectivity index (χ3v) is 3.30. The fourth-order valence-corrected chi connectivity index (χ4v) is 1.95. The normalized spacial score (nSPS) is 10.2. The lowest BCUT2D eigenvalue weighted by molar-refractivity contribution is -0.385. The van der Waals surface area contributed by atoms with Gasteiger partial charge in [-0.25, -0.2) is 4.39 Å². The van der Waals surface area contributed by atoms with Crippen molar-refractivity contribution in [1.29, 1.82) is 0 Å². The molecule has 0 saturated heterocycles. The van der Waals surface area contributed by atoms with E-state index >= 15 is 0 Å². The van der Waals surface area contributed by atoms with Crippen molar-refractivity contribution in [3.63, 3.8) is 0 Å². The largest absolute Gasteiger partial charge is 0.502 e. The Bertz CT molecular complexity index is 736. The number of benzene rings is 2. The number of rotatable bonds is 3. The summed E-state index contributed by atoms with van der Waals surface area (Å²) in [6.07, 6.45) is 0. The van der Waals surface area contributed by atoms with Gasteiger partial charge in [0.2, 0.25) is 0 Å². The van der Waals surface area contributed by atoms with E-state index in [-0.39, 0.29) is 11.3 Å². The smallest absolute Gasteiger partial charge is 0.310 e. The maximum absolute atomic E-state index is 13.1. The minimum Gasteiger partial charge on any atom is -0.502 e. The van der Waals surface area contributed by atoms with Crippen LogP contribution < -0.4 is 5.32 Å². The minimum atomic E-state index is -0.764. The van der Waals surface area contributed by atoms with Crippen LogP contribution in [0, 0.1) is 15.9 Å². The van der Waals surface area contributed by atoms with Gasteiger partial charge in [-0.1, -0.05) is 0 Å². The summed E-state index contributed by atoms with van der Waals surface area (Å²) in [5.74, 6) is -1.78. The average Bonchev–Trinajstić information content (AvgIpc) is 2.42. The van der Waals surface area contributed by atoms with Gasteiger partial charge in [0.1, 0.15) is 5.82 Å². The third-order valence-electron chi connectivity index (χ3n) is 2.61. The van der Waals surface area contributed by atoms with E-state index in [9.17, 15) is 24.4 Å². The van der Waals surface area contributed by atoms with E-state index in [0.717, 1.165) is 18.2 Å². The second-order valence-electron chi connectivity index (χ2n) is 4.04. The van der Waals surface area contributed by atoms with Crippen LogP contribution in [0.2, 0.25) is 0 Å². The molecule has 2 rings (SSSR count). The summed E-state index contributed by atoms with van der Waals surface area (Å²) in [4.78, 5) is 21.8. The van der Waals surface area contributed by atoms with Crippen molar-refractivity contribution in [2.75, 3.05) is 5.32 Å². The number of carbonyl (C=O) groups is 1. The molecule has 0 radical (unpaired) electrons. The summed E-state index contributed by atoms with van der Waals surface area (Å²) >= 11 is 3.16. The van der Waals surface area contributed by atoms with E-state index in [0.29, 0.717) is 4.47 Å². The molecule has 0 saturated carbocycles. The zero-order chi connectivity index (χ0) is 15.6. The molecule has 0 atom stereocenters. The van der Waals surface area contributed by atoms with E-state index in [4.69, 9.17) is 0 Å². The summed E-state index contributed by atoms with van der Waals surface area (Å²) in [6, 6.07) is 6.95. The molecule has 0 aliphatic heterocycles. The Kier molecular flexibility index (Phi) is 4.18. The van der Waals surface area contributed by atoms with Gasteiger partial charge in [-0.05, 0) is 46.3 Å². The number of nitro benzene ring substituents is 1. The van der Waals surface area contributed by atoms with E-state index in [2.05, 4.69) is 21.2 Å². The molecule has 0 heterocycles. The monoisotopic (exact) mass is 354 g/mol. The number of phenolic OH excluding ortho intramolecular Hbond substituents is 1. The van der Waals surface area contributed by atoms with Crippen molar-refractivity contribution in [2.24, 2.45) is 0 Å². The number of aromatic hydroxyl groups is 1. The van der Waals surface area contributed by atoms with Crippen LogP contribution in [0.4, 0.5) is 15.8 Å². The maximum atomic E-state index is 13.1. The standard InChI is InChI=1S/C13H8BrFN2O4/c14-9-3-2-8(15)6-10(9)16-13(19)7-1-4-11(17(20)21)12(18)5-7/h1-6,18H,(H,16,19). The first-order valence-electron chi connectivity index (χ1n) is 5.62. The van der Waals surface area contributed by atoms with E-state index < -0.39 is 28.1 Å². The highest BCUT2D eigenvalue weighted by atomic mass is 79.9. The Balaban J connectivity index is 2.26. The molecular formula is C13H8BrFN2O4. The number of hydrogen-bond acceptors (Lipinski definition) is 4. The molecule has 0 aliphatic carbocycles. The van der Waals surface area contributed by atoms with Crippen LogP contribution in [0.15, 0.2) is 40.9 Å². The summed E-state index contributed by atoms with van der Waals surface area (Å²) < 4.78 is 13.6. The van der Waals surface area contributed by atoms with Crippen LogP contribution in [0.25, 0.3) is 0 Å². The zero-order valence-electron chi connectivity index (χ0n) is 10.3. The van der Waals surface area contributed by atoms with Gasteiger partial charge in [0.15, 0.2) is 5.75 Å². The number of nitrogens with zero attached hydrogens (tertiary/aromatic N) is 1. The number of nitro groups is 1. The first kappa shape index (κ1) is 14.9. The number of carbonyl (C=O) groups excluding carboxylic acids is 1. The highest BCUT2D eigenvalue weighted by molar-refractivity contribution is 9.10. The fraction of sp³-hybridized carbons (Fsp3) is 0. The van der Waals surface area contributed by atoms with Crippen LogP contribution in [0.3, 0.4) is 0 Å². The molecule has 1 amide bonds. The van der Waals surface area contributed by atoms with Gasteiger partial charge in [0.25, 0.3) is 5.91 Å². The van der Waals surface area contributed by atoms with Gasteiger partial charge in [-0.2, -0.15) is 0 Å². The van der Waals surface area contributed by atoms with Crippen molar-refractivity contribution in [2.45, 2.75) is 0 Å². The minimum absolute atomic E-state index is 0.00858. The lowest BCUT2D eigenvalue weighted by Crippen LogP contribution is -2.12. The molecule has 0 unspecified atom stereocenters. The molecule has 6 nitrogen and oxygen atoms in total. The van der Waals surface area contributed by atoms with Gasteiger partial charge in [-0.3, -0.25) is 14.9 Å². The van der Waals surface area contributed by atoms with Gasteiger partial charge in [0, 0.05) is 16.1 Å². The highest BCUT2D eigenvalue weighted by Gasteiger charge is 2.16. The Morgan fingerprint density at radius 2 is 2.00 bits per heavy atom. The summed E-state index contributed by atoms with van der Waals surface area (Å²) in [7, 11) is 0. The third kappa shape index (κ3) is 3.34. The molecule has 0 spiro atoms. The number of amides is 1. The summed E-state index contributed by atoms with van der Waals surface area (Å²) in [6.45, 7) is 0. The lowest BCUT2D eigenvalue weighted by atomic mass is 10.1. The molecule has 0 aliphatic rings. The van der Waals surface area contributed by atoms with Crippen LogP contribution in [0.5, 0.6) is 5.75 Å². The molecule has 2 aromatic carbocycles. The van der Waals surface area contributed by atoms with Gasteiger partial charge in [-0.15, -0.1) is 0 Å². The lowest BCUT2D eigenvalue weighted by Gasteiger charge is -2.08. The Hall–Kier alpha value is -2.48. The predicted octanol–water partition coefficient (Wildman–Crippen LogP) is 3.45. The molecular weight excluding hydrogens is 347 g/mol. The maximum Gasteiger partial charge on any atom is 0.310 e. The van der Waals surface area contributed by atoms with Crippen LogP contribution in [-0.4, -0.2) is 15.9 Å². The SMILES string of the molecule is O=C(Nc1cc(F)ccc1Br)c1ccc([N+](=O)[O-])c(O)c1. The van der Waals surface area contributed by atoms with Gasteiger partial charge >= 0.3 is 5.69 Å². The van der Waals surface area contributed by atoms with Crippen LogP contribution in [-0.2, 0) is 0 Å². The molecule has 0 bridgehead atoms. The number of phenols is 1. The van der Waals surface area contributed by atoms with Crippen molar-refractivity contribution in [3.8, 4) is 5.75 Å². The number of nitrogens with one attached hydrogen (secondary N) is 1.